The van der Waals surface area contributed by atoms with Crippen LogP contribution in [0.3, 0.4) is 0 Å². The first kappa shape index (κ1) is 22.1. The molecule has 2 aromatic carbocycles. The Bertz CT molecular complexity index is 1120. The summed E-state index contributed by atoms with van der Waals surface area (Å²) in [7, 11) is 0. The van der Waals surface area contributed by atoms with Gasteiger partial charge in [0.2, 0.25) is 5.91 Å². The lowest BCUT2D eigenvalue weighted by Gasteiger charge is -2.35. The molecule has 0 saturated carbocycles. The molecule has 3 aromatic rings. The molecule has 0 aliphatic carbocycles. The van der Waals surface area contributed by atoms with E-state index in [0.29, 0.717) is 30.2 Å². The number of hydroxylamine groups is 1. The fourth-order valence-electron chi connectivity index (χ4n) is 3.89. The Morgan fingerprint density at radius 1 is 1.22 bits per heavy atom. The Kier molecular flexibility index (Phi) is 6.92. The van der Waals surface area contributed by atoms with E-state index in [0.717, 1.165) is 27.9 Å². The minimum Gasteiger partial charge on any atom is -0.489 e. The Labute approximate surface area is 190 Å². The Hall–Kier alpha value is -3.10. The molecule has 1 saturated heterocycles. The zero-order chi connectivity index (χ0) is 22.5. The fourth-order valence-corrected chi connectivity index (χ4v) is 4.95. The summed E-state index contributed by atoms with van der Waals surface area (Å²) in [6.07, 6.45) is 0.0791. The van der Waals surface area contributed by atoms with Crippen molar-refractivity contribution >= 4 is 34.5 Å². The van der Waals surface area contributed by atoms with Crippen LogP contribution in [-0.2, 0) is 11.4 Å². The van der Waals surface area contributed by atoms with E-state index in [9.17, 15) is 9.59 Å². The lowest BCUT2D eigenvalue weighted by molar-refractivity contribution is -0.130. The molecule has 4 rings (SSSR count). The maximum atomic E-state index is 13.0. The fraction of sp³-hybridized carbons (Fsp3) is 0.292. The highest BCUT2D eigenvalue weighted by Crippen LogP contribution is 2.24. The van der Waals surface area contributed by atoms with E-state index in [1.165, 1.54) is 0 Å². The summed E-state index contributed by atoms with van der Waals surface area (Å²) in [6.45, 7) is 2.94. The molecule has 1 aliphatic heterocycles. The number of fused-ring (bicyclic) bond motifs is 1. The first-order valence-electron chi connectivity index (χ1n) is 10.4. The lowest BCUT2D eigenvalue weighted by atomic mass is 10.1. The number of carbonyl (C=O) groups excluding carboxylic acids is 2. The van der Waals surface area contributed by atoms with Gasteiger partial charge in [-0.25, -0.2) is 5.48 Å². The zero-order valence-corrected chi connectivity index (χ0v) is 18.6. The van der Waals surface area contributed by atoms with Crippen LogP contribution in [0.15, 0.2) is 54.6 Å². The number of rotatable bonds is 6. The van der Waals surface area contributed by atoms with Crippen molar-refractivity contribution in [3.8, 4) is 5.75 Å². The summed E-state index contributed by atoms with van der Waals surface area (Å²) < 4.78 is 5.99. The summed E-state index contributed by atoms with van der Waals surface area (Å²) in [6, 6.07) is 16.8. The number of aryl methyl sites for hydroxylation is 1. The highest BCUT2D eigenvalue weighted by atomic mass is 32.2. The monoisotopic (exact) mass is 451 g/mol. The Morgan fingerprint density at radius 3 is 2.78 bits per heavy atom. The molecule has 1 fully saturated rings. The van der Waals surface area contributed by atoms with E-state index in [1.54, 1.807) is 46.4 Å². The minimum absolute atomic E-state index is 0.0791. The molecule has 8 heteroatoms. The third-order valence-corrected chi connectivity index (χ3v) is 6.55. The van der Waals surface area contributed by atoms with E-state index in [1.807, 2.05) is 37.3 Å². The quantitative estimate of drug-likeness (QED) is 0.440. The number of benzene rings is 2. The Morgan fingerprint density at radius 2 is 2.00 bits per heavy atom. The molecule has 2 heterocycles. The average Bonchev–Trinajstić information content (AvgIpc) is 2.82. The Balaban J connectivity index is 1.44. The van der Waals surface area contributed by atoms with Gasteiger partial charge >= 0.3 is 0 Å². The highest BCUT2D eigenvalue weighted by Gasteiger charge is 2.29. The van der Waals surface area contributed by atoms with Gasteiger partial charge in [0.15, 0.2) is 0 Å². The van der Waals surface area contributed by atoms with Crippen molar-refractivity contribution in [3.63, 3.8) is 0 Å². The standard InChI is InChI=1S/C24H25N3O4S/c1-16-12-18(21-4-2-3-5-22(21)25-16)14-31-20-8-6-17(7-9-20)24(29)27-10-11-32-15-19(27)13-23(28)26-30/h2-9,12,19,30H,10-11,13-15H2,1H3,(H,26,28). The van der Waals surface area contributed by atoms with Crippen LogP contribution in [0.5, 0.6) is 5.75 Å². The van der Waals surface area contributed by atoms with Crippen molar-refractivity contribution in [1.82, 2.24) is 15.4 Å². The van der Waals surface area contributed by atoms with Crippen LogP contribution < -0.4 is 10.2 Å². The molecule has 0 bridgehead atoms. The van der Waals surface area contributed by atoms with Crippen LogP contribution in [0, 0.1) is 6.92 Å². The van der Waals surface area contributed by atoms with Crippen LogP contribution in [0.4, 0.5) is 0 Å². The number of aromatic nitrogens is 1. The maximum absolute atomic E-state index is 13.0. The molecule has 2 N–H and O–H groups in total. The van der Waals surface area contributed by atoms with E-state index < -0.39 is 5.91 Å². The summed E-state index contributed by atoms with van der Waals surface area (Å²) >= 11 is 1.70. The largest absolute Gasteiger partial charge is 0.489 e. The first-order chi connectivity index (χ1) is 15.5. The van der Waals surface area contributed by atoms with Gasteiger partial charge < -0.3 is 9.64 Å². The predicted molar refractivity (Wildman–Crippen MR) is 124 cm³/mol. The number of carbonyl (C=O) groups is 2. The third kappa shape index (κ3) is 5.03. The van der Waals surface area contributed by atoms with Gasteiger partial charge in [-0.1, -0.05) is 18.2 Å². The van der Waals surface area contributed by atoms with E-state index in [4.69, 9.17) is 9.94 Å². The van der Waals surface area contributed by atoms with Gasteiger partial charge in [-0.15, -0.1) is 0 Å². The molecule has 7 nitrogen and oxygen atoms in total. The molecule has 0 radical (unpaired) electrons. The van der Waals surface area contributed by atoms with Gasteiger partial charge in [-0.2, -0.15) is 11.8 Å². The average molecular weight is 452 g/mol. The molecule has 0 spiro atoms. The normalized spacial score (nSPS) is 16.1. The summed E-state index contributed by atoms with van der Waals surface area (Å²) in [4.78, 5) is 30.9. The second-order valence-electron chi connectivity index (χ2n) is 7.72. The molecule has 1 aliphatic rings. The van der Waals surface area contributed by atoms with Crippen molar-refractivity contribution in [2.45, 2.75) is 26.0 Å². The van der Waals surface area contributed by atoms with Gasteiger partial charge in [-0.3, -0.25) is 19.8 Å². The first-order valence-corrected chi connectivity index (χ1v) is 11.6. The minimum atomic E-state index is -0.488. The van der Waals surface area contributed by atoms with Crippen LogP contribution in [0.2, 0.25) is 0 Å². The van der Waals surface area contributed by atoms with Gasteiger partial charge in [0, 0.05) is 52.7 Å². The number of thioether (sulfide) groups is 1. The third-order valence-electron chi connectivity index (χ3n) is 5.46. The van der Waals surface area contributed by atoms with E-state index in [-0.39, 0.29) is 18.4 Å². The van der Waals surface area contributed by atoms with Crippen molar-refractivity contribution in [2.24, 2.45) is 0 Å². The van der Waals surface area contributed by atoms with Crippen molar-refractivity contribution < 1.29 is 19.5 Å². The number of hydrogen-bond donors (Lipinski definition) is 2. The molecule has 1 aromatic heterocycles. The predicted octanol–water partition coefficient (Wildman–Crippen LogP) is 3.58. The summed E-state index contributed by atoms with van der Waals surface area (Å²) in [5.41, 5.74) is 5.14. The number of amides is 2. The van der Waals surface area contributed by atoms with Gasteiger partial charge in [-0.05, 0) is 43.3 Å². The molecule has 2 amide bonds. The summed E-state index contributed by atoms with van der Waals surface area (Å²) in [5.74, 6) is 1.55. The zero-order valence-electron chi connectivity index (χ0n) is 17.8. The van der Waals surface area contributed by atoms with Crippen molar-refractivity contribution in [1.29, 1.82) is 0 Å². The topological polar surface area (TPSA) is 91.8 Å². The van der Waals surface area contributed by atoms with Gasteiger partial charge in [0.1, 0.15) is 12.4 Å². The van der Waals surface area contributed by atoms with Gasteiger partial charge in [0.05, 0.1) is 5.52 Å². The van der Waals surface area contributed by atoms with Crippen molar-refractivity contribution in [2.75, 3.05) is 18.1 Å². The SMILES string of the molecule is Cc1cc(COc2ccc(C(=O)N3CCSCC3CC(=O)NO)cc2)c2ccccc2n1. The van der Waals surface area contributed by atoms with Crippen LogP contribution in [0.25, 0.3) is 10.9 Å². The number of para-hydroxylation sites is 1. The molecular formula is C24H25N3O4S. The van der Waals surface area contributed by atoms with Crippen LogP contribution in [-0.4, -0.2) is 51.0 Å². The number of hydrogen-bond acceptors (Lipinski definition) is 6. The summed E-state index contributed by atoms with van der Waals surface area (Å²) in [5, 5.41) is 9.88. The number of nitrogens with one attached hydrogen (secondary N) is 1. The maximum Gasteiger partial charge on any atom is 0.254 e. The van der Waals surface area contributed by atoms with E-state index in [2.05, 4.69) is 4.98 Å². The van der Waals surface area contributed by atoms with Crippen molar-refractivity contribution in [3.05, 3.63) is 71.4 Å². The number of nitrogens with zero attached hydrogens (tertiary/aromatic N) is 2. The lowest BCUT2D eigenvalue weighted by Crippen LogP contribution is -2.48. The highest BCUT2D eigenvalue weighted by molar-refractivity contribution is 7.99. The van der Waals surface area contributed by atoms with Gasteiger partial charge in [0.25, 0.3) is 5.91 Å². The molecule has 166 valence electrons. The molecule has 32 heavy (non-hydrogen) atoms. The number of ether oxygens (including phenoxy) is 1. The second-order valence-corrected chi connectivity index (χ2v) is 8.87. The smallest absolute Gasteiger partial charge is 0.254 e. The van der Waals surface area contributed by atoms with E-state index >= 15 is 0 Å². The molecule has 1 unspecified atom stereocenters. The van der Waals surface area contributed by atoms with Crippen LogP contribution >= 0.6 is 11.8 Å². The van der Waals surface area contributed by atoms with Crippen LogP contribution in [0.1, 0.15) is 28.0 Å². The molecular weight excluding hydrogens is 426 g/mol. The second kappa shape index (κ2) is 10.0. The number of pyridine rings is 1. The molecule has 1 atom stereocenters.